The third kappa shape index (κ3) is 6.43. The standard InChI is InChI=1S/C29H33N3O4/c1-3-36-26-15-12-23(18-27(26)35-2)28(33)31-19-20-7-6-8-22(17-20)29(34)32-24-13-10-21(11-14-24)25-9-4-5-16-30-25/h6-8,10-15,17-18,25,30H,3-5,9,16,19H2,1-2H3,(H,31,33)(H,32,34). The summed E-state index contributed by atoms with van der Waals surface area (Å²) in [4.78, 5) is 25.5. The molecule has 1 aliphatic rings. The zero-order valence-corrected chi connectivity index (χ0v) is 20.8. The molecule has 1 atom stereocenters. The molecule has 0 aliphatic carbocycles. The van der Waals surface area contributed by atoms with Crippen LogP contribution in [-0.2, 0) is 6.54 Å². The molecule has 0 radical (unpaired) electrons. The van der Waals surface area contributed by atoms with Crippen molar-refractivity contribution in [2.24, 2.45) is 0 Å². The molecule has 36 heavy (non-hydrogen) atoms. The van der Waals surface area contributed by atoms with Crippen LogP contribution in [0.25, 0.3) is 0 Å². The molecule has 4 rings (SSSR count). The van der Waals surface area contributed by atoms with Crippen molar-refractivity contribution < 1.29 is 19.1 Å². The van der Waals surface area contributed by atoms with Crippen molar-refractivity contribution in [3.05, 3.63) is 89.0 Å². The fourth-order valence-corrected chi connectivity index (χ4v) is 4.33. The maximum absolute atomic E-state index is 12.8. The fraction of sp³-hybridized carbons (Fsp3) is 0.310. The lowest BCUT2D eigenvalue weighted by atomic mass is 9.97. The molecule has 3 aromatic carbocycles. The van der Waals surface area contributed by atoms with Crippen LogP contribution in [0.5, 0.6) is 11.5 Å². The van der Waals surface area contributed by atoms with Crippen molar-refractivity contribution in [3.8, 4) is 11.5 Å². The van der Waals surface area contributed by atoms with E-state index < -0.39 is 0 Å². The molecule has 3 aromatic rings. The van der Waals surface area contributed by atoms with E-state index in [1.807, 2.05) is 31.2 Å². The van der Waals surface area contributed by atoms with E-state index in [0.29, 0.717) is 41.8 Å². The molecule has 3 N–H and O–H groups in total. The number of hydrogen-bond acceptors (Lipinski definition) is 5. The van der Waals surface area contributed by atoms with Crippen LogP contribution < -0.4 is 25.4 Å². The zero-order chi connectivity index (χ0) is 25.3. The van der Waals surface area contributed by atoms with Crippen LogP contribution in [-0.4, -0.2) is 32.1 Å². The fourth-order valence-electron chi connectivity index (χ4n) is 4.33. The Morgan fingerprint density at radius 1 is 0.944 bits per heavy atom. The summed E-state index contributed by atoms with van der Waals surface area (Å²) in [7, 11) is 1.54. The molecule has 1 fully saturated rings. The molecular weight excluding hydrogens is 454 g/mol. The molecule has 1 unspecified atom stereocenters. The van der Waals surface area contributed by atoms with Crippen LogP contribution in [0.4, 0.5) is 5.69 Å². The number of carbonyl (C=O) groups is 2. The topological polar surface area (TPSA) is 88.7 Å². The van der Waals surface area contributed by atoms with Crippen LogP contribution >= 0.6 is 0 Å². The Morgan fingerprint density at radius 2 is 1.75 bits per heavy atom. The van der Waals surface area contributed by atoms with Crippen LogP contribution in [0.15, 0.2) is 66.7 Å². The lowest BCUT2D eigenvalue weighted by molar-refractivity contribution is 0.0950. The van der Waals surface area contributed by atoms with Gasteiger partial charge in [0.05, 0.1) is 13.7 Å². The predicted octanol–water partition coefficient (Wildman–Crippen LogP) is 5.09. The van der Waals surface area contributed by atoms with Gasteiger partial charge in [-0.05, 0) is 79.9 Å². The van der Waals surface area contributed by atoms with Crippen molar-refractivity contribution in [2.75, 3.05) is 25.6 Å². The molecule has 0 spiro atoms. The second-order valence-corrected chi connectivity index (χ2v) is 8.76. The highest BCUT2D eigenvalue weighted by molar-refractivity contribution is 6.04. The molecule has 7 nitrogen and oxygen atoms in total. The number of hydrogen-bond donors (Lipinski definition) is 3. The Kier molecular flexibility index (Phi) is 8.57. The van der Waals surface area contributed by atoms with E-state index in [0.717, 1.165) is 24.2 Å². The van der Waals surface area contributed by atoms with Crippen molar-refractivity contribution in [3.63, 3.8) is 0 Å². The van der Waals surface area contributed by atoms with Crippen LogP contribution in [0.1, 0.15) is 64.1 Å². The van der Waals surface area contributed by atoms with Gasteiger partial charge in [0.25, 0.3) is 11.8 Å². The summed E-state index contributed by atoms with van der Waals surface area (Å²) in [6.45, 7) is 3.74. The number of nitrogens with one attached hydrogen (secondary N) is 3. The summed E-state index contributed by atoms with van der Waals surface area (Å²) in [6, 6.07) is 20.7. The largest absolute Gasteiger partial charge is 0.493 e. The third-order valence-corrected chi connectivity index (χ3v) is 6.25. The van der Waals surface area contributed by atoms with Gasteiger partial charge in [-0.2, -0.15) is 0 Å². The monoisotopic (exact) mass is 487 g/mol. The van der Waals surface area contributed by atoms with E-state index in [1.165, 1.54) is 18.4 Å². The van der Waals surface area contributed by atoms with Gasteiger partial charge in [-0.3, -0.25) is 9.59 Å². The lowest BCUT2D eigenvalue weighted by Gasteiger charge is -2.24. The van der Waals surface area contributed by atoms with Gasteiger partial charge in [-0.15, -0.1) is 0 Å². The van der Waals surface area contributed by atoms with Gasteiger partial charge in [0.2, 0.25) is 0 Å². The van der Waals surface area contributed by atoms with E-state index in [9.17, 15) is 9.59 Å². The van der Waals surface area contributed by atoms with Crippen molar-refractivity contribution in [1.29, 1.82) is 0 Å². The number of ether oxygens (including phenoxy) is 2. The molecule has 1 saturated heterocycles. The van der Waals surface area contributed by atoms with Crippen molar-refractivity contribution in [1.82, 2.24) is 10.6 Å². The summed E-state index contributed by atoms with van der Waals surface area (Å²) in [6.07, 6.45) is 3.60. The zero-order valence-electron chi connectivity index (χ0n) is 20.8. The molecule has 188 valence electrons. The van der Waals surface area contributed by atoms with Gasteiger partial charge in [0, 0.05) is 29.4 Å². The summed E-state index contributed by atoms with van der Waals surface area (Å²) < 4.78 is 10.8. The Hall–Kier alpha value is -3.84. The van der Waals surface area contributed by atoms with Crippen LogP contribution in [0.3, 0.4) is 0 Å². The first-order valence-corrected chi connectivity index (χ1v) is 12.4. The van der Waals surface area contributed by atoms with Crippen LogP contribution in [0, 0.1) is 0 Å². The molecule has 0 bridgehead atoms. The smallest absolute Gasteiger partial charge is 0.255 e. The van der Waals surface area contributed by atoms with Gasteiger partial charge < -0.3 is 25.4 Å². The molecule has 2 amide bonds. The average molecular weight is 488 g/mol. The molecule has 0 aromatic heterocycles. The first kappa shape index (κ1) is 25.3. The molecule has 1 heterocycles. The summed E-state index contributed by atoms with van der Waals surface area (Å²) >= 11 is 0. The Balaban J connectivity index is 1.34. The number of amides is 2. The highest BCUT2D eigenvalue weighted by atomic mass is 16.5. The highest BCUT2D eigenvalue weighted by Crippen LogP contribution is 2.28. The van der Waals surface area contributed by atoms with E-state index in [-0.39, 0.29) is 11.8 Å². The number of carbonyl (C=O) groups excluding carboxylic acids is 2. The molecule has 7 heteroatoms. The number of benzene rings is 3. The Morgan fingerprint density at radius 3 is 2.47 bits per heavy atom. The van der Waals surface area contributed by atoms with Crippen molar-refractivity contribution >= 4 is 17.5 Å². The van der Waals surface area contributed by atoms with E-state index in [2.05, 4.69) is 28.1 Å². The van der Waals surface area contributed by atoms with Crippen LogP contribution in [0.2, 0.25) is 0 Å². The summed E-state index contributed by atoms with van der Waals surface area (Å²) in [5.74, 6) is 0.670. The minimum Gasteiger partial charge on any atom is -0.493 e. The van der Waals surface area contributed by atoms with Gasteiger partial charge in [0.15, 0.2) is 11.5 Å². The molecule has 0 saturated carbocycles. The number of piperidine rings is 1. The molecule has 1 aliphatic heterocycles. The third-order valence-electron chi connectivity index (χ3n) is 6.25. The van der Waals surface area contributed by atoms with E-state index >= 15 is 0 Å². The Labute approximate surface area is 212 Å². The van der Waals surface area contributed by atoms with E-state index in [1.54, 1.807) is 37.4 Å². The minimum atomic E-state index is -0.237. The van der Waals surface area contributed by atoms with Crippen molar-refractivity contribution in [2.45, 2.75) is 38.8 Å². The minimum absolute atomic E-state index is 0.192. The number of anilines is 1. The Bertz CT molecular complexity index is 1190. The summed E-state index contributed by atoms with van der Waals surface area (Å²) in [5, 5.41) is 9.40. The summed E-state index contributed by atoms with van der Waals surface area (Å²) in [5.41, 5.74) is 3.82. The predicted molar refractivity (Wildman–Crippen MR) is 141 cm³/mol. The maximum Gasteiger partial charge on any atom is 0.255 e. The van der Waals surface area contributed by atoms with Gasteiger partial charge >= 0.3 is 0 Å². The second-order valence-electron chi connectivity index (χ2n) is 8.76. The van der Waals surface area contributed by atoms with Gasteiger partial charge in [-0.1, -0.05) is 30.7 Å². The average Bonchev–Trinajstić information content (AvgIpc) is 2.93. The number of rotatable bonds is 9. The van der Waals surface area contributed by atoms with Gasteiger partial charge in [0.1, 0.15) is 0 Å². The van der Waals surface area contributed by atoms with E-state index in [4.69, 9.17) is 9.47 Å². The quantitative estimate of drug-likeness (QED) is 0.391. The maximum atomic E-state index is 12.8. The SMILES string of the molecule is CCOc1ccc(C(=O)NCc2cccc(C(=O)Nc3ccc(C4CCCCN4)cc3)c2)cc1OC. The highest BCUT2D eigenvalue weighted by Gasteiger charge is 2.15. The van der Waals surface area contributed by atoms with Gasteiger partial charge in [-0.25, -0.2) is 0 Å². The first-order valence-electron chi connectivity index (χ1n) is 12.4. The molecular formula is C29H33N3O4. The lowest BCUT2D eigenvalue weighted by Crippen LogP contribution is -2.26. The first-order chi connectivity index (χ1) is 17.6. The number of methoxy groups -OCH3 is 1. The normalized spacial score (nSPS) is 15.1. The second kappa shape index (κ2) is 12.2.